The van der Waals surface area contributed by atoms with Crippen molar-refractivity contribution in [2.24, 2.45) is 5.92 Å². The molecule has 1 fully saturated rings. The predicted octanol–water partition coefficient (Wildman–Crippen LogP) is 4.48. The number of anilines is 1. The zero-order chi connectivity index (χ0) is 19.2. The molecular formula is C21H24ClFN2O2. The van der Waals surface area contributed by atoms with Crippen LogP contribution in [0.1, 0.15) is 24.0 Å². The van der Waals surface area contributed by atoms with Crippen molar-refractivity contribution in [1.82, 2.24) is 4.90 Å². The Morgan fingerprint density at radius 2 is 2.00 bits per heavy atom. The van der Waals surface area contributed by atoms with Crippen molar-refractivity contribution in [3.63, 3.8) is 0 Å². The van der Waals surface area contributed by atoms with Crippen molar-refractivity contribution >= 4 is 23.2 Å². The number of carbonyl (C=O) groups excluding carboxylic acids is 1. The first kappa shape index (κ1) is 19.8. The van der Waals surface area contributed by atoms with Gasteiger partial charge in [-0.15, -0.1) is 0 Å². The highest BCUT2D eigenvalue weighted by Gasteiger charge is 2.26. The minimum Gasteiger partial charge on any atom is -0.380 e. The lowest BCUT2D eigenvalue weighted by Gasteiger charge is -2.31. The van der Waals surface area contributed by atoms with Crippen molar-refractivity contribution in [2.45, 2.75) is 26.0 Å². The Kier molecular flexibility index (Phi) is 6.83. The van der Waals surface area contributed by atoms with E-state index in [1.165, 1.54) is 6.07 Å². The summed E-state index contributed by atoms with van der Waals surface area (Å²) in [5.41, 5.74) is 2.33. The molecule has 0 spiro atoms. The summed E-state index contributed by atoms with van der Waals surface area (Å²) >= 11 is 6.11. The normalized spacial score (nSPS) is 15.7. The molecule has 0 radical (unpaired) electrons. The van der Waals surface area contributed by atoms with Gasteiger partial charge in [0.1, 0.15) is 5.82 Å². The molecule has 1 heterocycles. The van der Waals surface area contributed by atoms with E-state index in [0.29, 0.717) is 23.7 Å². The van der Waals surface area contributed by atoms with Crippen LogP contribution in [0.15, 0.2) is 42.5 Å². The summed E-state index contributed by atoms with van der Waals surface area (Å²) in [6.45, 7) is 2.47. The van der Waals surface area contributed by atoms with Crippen molar-refractivity contribution in [1.29, 1.82) is 0 Å². The molecule has 6 heteroatoms. The first-order valence-electron chi connectivity index (χ1n) is 9.11. The van der Waals surface area contributed by atoms with Crippen molar-refractivity contribution in [3.05, 3.63) is 64.4 Å². The topological polar surface area (TPSA) is 41.6 Å². The van der Waals surface area contributed by atoms with Crippen LogP contribution in [-0.4, -0.2) is 31.0 Å². The standard InChI is InChI=1S/C21H24ClFN2O2/c1-27-14-15-4-2-5-17(12-15)24-21(26)16-8-10-25(11-9-16)13-18-19(22)6-3-7-20(18)23/h2-7,12,16H,8-11,13-14H2,1H3,(H,24,26). The molecule has 3 rings (SSSR count). The first-order valence-corrected chi connectivity index (χ1v) is 9.48. The summed E-state index contributed by atoms with van der Waals surface area (Å²) in [4.78, 5) is 14.7. The SMILES string of the molecule is COCc1cccc(NC(=O)C2CCN(Cc3c(F)cccc3Cl)CC2)c1. The van der Waals surface area contributed by atoms with Crippen LogP contribution >= 0.6 is 11.6 Å². The molecule has 0 unspecified atom stereocenters. The summed E-state index contributed by atoms with van der Waals surface area (Å²) < 4.78 is 19.1. The molecule has 0 saturated carbocycles. The number of hydrogen-bond acceptors (Lipinski definition) is 3. The van der Waals surface area contributed by atoms with Crippen LogP contribution in [0.5, 0.6) is 0 Å². The van der Waals surface area contributed by atoms with Gasteiger partial charge in [-0.25, -0.2) is 4.39 Å². The van der Waals surface area contributed by atoms with E-state index in [1.54, 1.807) is 19.2 Å². The maximum atomic E-state index is 14.0. The van der Waals surface area contributed by atoms with Gasteiger partial charge in [-0.1, -0.05) is 29.8 Å². The van der Waals surface area contributed by atoms with Crippen molar-refractivity contribution in [3.8, 4) is 0 Å². The molecular weight excluding hydrogens is 367 g/mol. The number of piperidine rings is 1. The summed E-state index contributed by atoms with van der Waals surface area (Å²) in [6.07, 6.45) is 1.49. The van der Waals surface area contributed by atoms with Crippen LogP contribution in [-0.2, 0) is 22.7 Å². The van der Waals surface area contributed by atoms with E-state index in [2.05, 4.69) is 10.2 Å². The number of carbonyl (C=O) groups is 1. The summed E-state index contributed by atoms with van der Waals surface area (Å²) in [5, 5.41) is 3.45. The average molecular weight is 391 g/mol. The molecule has 1 N–H and O–H groups in total. The number of nitrogens with one attached hydrogen (secondary N) is 1. The number of rotatable bonds is 6. The Morgan fingerprint density at radius 1 is 1.26 bits per heavy atom. The fourth-order valence-corrected chi connectivity index (χ4v) is 3.63. The number of benzene rings is 2. The smallest absolute Gasteiger partial charge is 0.227 e. The van der Waals surface area contributed by atoms with Gasteiger partial charge in [0, 0.05) is 35.8 Å². The third kappa shape index (κ3) is 5.28. The molecule has 1 aliphatic rings. The van der Waals surface area contributed by atoms with Crippen molar-refractivity contribution < 1.29 is 13.9 Å². The maximum absolute atomic E-state index is 14.0. The molecule has 1 amide bonds. The fraction of sp³-hybridized carbons (Fsp3) is 0.381. The van der Waals surface area contributed by atoms with E-state index in [9.17, 15) is 9.18 Å². The Balaban J connectivity index is 1.53. The minimum absolute atomic E-state index is 0.0353. The second-order valence-corrected chi connectivity index (χ2v) is 7.28. The number of ether oxygens (including phenoxy) is 1. The number of nitrogens with zero attached hydrogens (tertiary/aromatic N) is 1. The average Bonchev–Trinajstić information content (AvgIpc) is 2.66. The molecule has 2 aromatic carbocycles. The second kappa shape index (κ2) is 9.31. The number of methoxy groups -OCH3 is 1. The van der Waals surface area contributed by atoms with Gasteiger partial charge in [0.15, 0.2) is 0 Å². The highest BCUT2D eigenvalue weighted by molar-refractivity contribution is 6.31. The Morgan fingerprint density at radius 3 is 2.70 bits per heavy atom. The third-order valence-electron chi connectivity index (χ3n) is 4.91. The molecule has 27 heavy (non-hydrogen) atoms. The van der Waals surface area contributed by atoms with Crippen LogP contribution in [0.25, 0.3) is 0 Å². The molecule has 0 atom stereocenters. The zero-order valence-electron chi connectivity index (χ0n) is 15.4. The maximum Gasteiger partial charge on any atom is 0.227 e. The Labute approximate surface area is 164 Å². The van der Waals surface area contributed by atoms with Gasteiger partial charge >= 0.3 is 0 Å². The van der Waals surface area contributed by atoms with Crippen LogP contribution in [0.2, 0.25) is 5.02 Å². The number of halogens is 2. The van der Waals surface area contributed by atoms with Crippen molar-refractivity contribution in [2.75, 3.05) is 25.5 Å². The third-order valence-corrected chi connectivity index (χ3v) is 5.26. The van der Waals surface area contributed by atoms with Gasteiger partial charge < -0.3 is 10.1 Å². The van der Waals surface area contributed by atoms with Gasteiger partial charge in [0.25, 0.3) is 0 Å². The fourth-order valence-electron chi connectivity index (χ4n) is 3.41. The Bertz CT molecular complexity index is 771. The van der Waals surface area contributed by atoms with Gasteiger partial charge in [0.05, 0.1) is 6.61 Å². The van der Waals surface area contributed by atoms with Crippen LogP contribution < -0.4 is 5.32 Å². The second-order valence-electron chi connectivity index (χ2n) is 6.87. The molecule has 0 aliphatic carbocycles. The van der Waals surface area contributed by atoms with Crippen LogP contribution in [0.4, 0.5) is 10.1 Å². The van der Waals surface area contributed by atoms with Gasteiger partial charge in [-0.05, 0) is 55.8 Å². The monoisotopic (exact) mass is 390 g/mol. The first-order chi connectivity index (χ1) is 13.1. The molecule has 0 aromatic heterocycles. The van der Waals surface area contributed by atoms with E-state index in [1.807, 2.05) is 24.3 Å². The minimum atomic E-state index is -0.279. The summed E-state index contributed by atoms with van der Waals surface area (Å²) in [6, 6.07) is 12.4. The highest BCUT2D eigenvalue weighted by Crippen LogP contribution is 2.25. The molecule has 144 valence electrons. The lowest BCUT2D eigenvalue weighted by Crippen LogP contribution is -2.38. The largest absolute Gasteiger partial charge is 0.380 e. The molecule has 2 aromatic rings. The zero-order valence-corrected chi connectivity index (χ0v) is 16.1. The van der Waals surface area contributed by atoms with Crippen LogP contribution in [0.3, 0.4) is 0 Å². The van der Waals surface area contributed by atoms with Crippen LogP contribution in [0, 0.1) is 11.7 Å². The Hall–Kier alpha value is -1.95. The number of likely N-dealkylation sites (tertiary alicyclic amines) is 1. The lowest BCUT2D eigenvalue weighted by atomic mass is 9.95. The van der Waals surface area contributed by atoms with Gasteiger partial charge in [0.2, 0.25) is 5.91 Å². The predicted molar refractivity (Wildman–Crippen MR) is 105 cm³/mol. The van der Waals surface area contributed by atoms with E-state index in [4.69, 9.17) is 16.3 Å². The van der Waals surface area contributed by atoms with Gasteiger partial charge in [-0.3, -0.25) is 9.69 Å². The van der Waals surface area contributed by atoms with Gasteiger partial charge in [-0.2, -0.15) is 0 Å². The molecule has 0 bridgehead atoms. The molecule has 1 saturated heterocycles. The summed E-state index contributed by atoms with van der Waals surface area (Å²) in [5.74, 6) is -0.283. The quantitative estimate of drug-likeness (QED) is 0.790. The van der Waals surface area contributed by atoms with E-state index < -0.39 is 0 Å². The van der Waals surface area contributed by atoms with E-state index >= 15 is 0 Å². The highest BCUT2D eigenvalue weighted by atomic mass is 35.5. The lowest BCUT2D eigenvalue weighted by molar-refractivity contribution is -0.121. The van der Waals surface area contributed by atoms with E-state index in [0.717, 1.165) is 37.2 Å². The molecule has 4 nitrogen and oxygen atoms in total. The van der Waals surface area contributed by atoms with E-state index in [-0.39, 0.29) is 17.6 Å². The molecule has 1 aliphatic heterocycles. The number of hydrogen-bond donors (Lipinski definition) is 1. The number of amides is 1. The summed E-state index contributed by atoms with van der Waals surface area (Å²) in [7, 11) is 1.65.